The highest BCUT2D eigenvalue weighted by molar-refractivity contribution is 5.71. The molecule has 4 heteroatoms. The molecule has 1 heterocycles. The highest BCUT2D eigenvalue weighted by Gasteiger charge is 2.04. The van der Waals surface area contributed by atoms with E-state index < -0.39 is 0 Å². The monoisotopic (exact) mass is 235 g/mol. The second-order valence-electron chi connectivity index (χ2n) is 3.73. The van der Waals surface area contributed by atoms with E-state index in [4.69, 9.17) is 4.42 Å². The van der Waals surface area contributed by atoms with Crippen LogP contribution in [0.3, 0.4) is 0 Å². The number of oxazole rings is 1. The van der Waals surface area contributed by atoms with E-state index in [1.54, 1.807) is 6.92 Å². The summed E-state index contributed by atoms with van der Waals surface area (Å²) in [7, 11) is 0. The first-order valence-corrected chi connectivity index (χ1v) is 5.60. The second kappa shape index (κ2) is 6.68. The molecule has 1 aromatic heterocycles. The molecule has 0 bridgehead atoms. The summed E-state index contributed by atoms with van der Waals surface area (Å²) in [6, 6.07) is 7.67. The topological polar surface area (TPSA) is 52.3 Å². The zero-order chi connectivity index (χ0) is 12.7. The molecular weight excluding hydrogens is 218 g/mol. The molecule has 0 atom stereocenters. The number of fused-ring (bicyclic) bond motifs is 1. The molecule has 0 radical (unpaired) electrons. The Balaban J connectivity index is 0.000000172. The second-order valence-corrected chi connectivity index (χ2v) is 3.73. The van der Waals surface area contributed by atoms with Gasteiger partial charge in [-0.3, -0.25) is 4.79 Å². The number of ether oxygens (including phenoxy) is 1. The van der Waals surface area contributed by atoms with Crippen molar-refractivity contribution in [2.45, 2.75) is 20.8 Å². The van der Waals surface area contributed by atoms with Gasteiger partial charge in [0.1, 0.15) is 5.52 Å². The van der Waals surface area contributed by atoms with Crippen LogP contribution < -0.4 is 0 Å². The highest BCUT2D eigenvalue weighted by atomic mass is 16.5. The molecule has 0 N–H and O–H groups in total. The van der Waals surface area contributed by atoms with Crippen LogP contribution in [-0.2, 0) is 9.53 Å². The Morgan fingerprint density at radius 1 is 1.41 bits per heavy atom. The Morgan fingerprint density at radius 2 is 2.12 bits per heavy atom. The molecule has 0 saturated heterocycles. The largest absolute Gasteiger partial charge is 0.466 e. The Bertz CT molecular complexity index is 432. The standard InChI is InChI=1S/C7H5NO.C6H12O2/c1-2-4-7-6(3-1)8-5-9-7;1-4-8-6(7)5(2)3/h1-5H;5H,4H2,1-3H3. The van der Waals surface area contributed by atoms with Gasteiger partial charge in [0, 0.05) is 0 Å². The van der Waals surface area contributed by atoms with Gasteiger partial charge in [0.25, 0.3) is 0 Å². The number of hydrogen-bond donors (Lipinski definition) is 0. The summed E-state index contributed by atoms with van der Waals surface area (Å²) in [6.07, 6.45) is 1.45. The van der Waals surface area contributed by atoms with Crippen LogP contribution in [0.1, 0.15) is 20.8 Å². The van der Waals surface area contributed by atoms with E-state index in [0.29, 0.717) is 6.61 Å². The van der Waals surface area contributed by atoms with Crippen molar-refractivity contribution in [2.24, 2.45) is 5.92 Å². The average molecular weight is 235 g/mol. The van der Waals surface area contributed by atoms with Crippen LogP contribution in [0.25, 0.3) is 11.1 Å². The summed E-state index contributed by atoms with van der Waals surface area (Å²) in [5, 5.41) is 0. The molecule has 1 aromatic carbocycles. The van der Waals surface area contributed by atoms with Gasteiger partial charge in [-0.1, -0.05) is 26.0 Å². The van der Waals surface area contributed by atoms with Gasteiger partial charge in [-0.05, 0) is 19.1 Å². The first kappa shape index (κ1) is 13.2. The summed E-state index contributed by atoms with van der Waals surface area (Å²) in [6.45, 7) is 5.92. The third-order valence-corrected chi connectivity index (χ3v) is 1.99. The third-order valence-electron chi connectivity index (χ3n) is 1.99. The van der Waals surface area contributed by atoms with Crippen molar-refractivity contribution in [3.63, 3.8) is 0 Å². The van der Waals surface area contributed by atoms with Crippen LogP contribution in [0.5, 0.6) is 0 Å². The molecular formula is C13H17NO3. The van der Waals surface area contributed by atoms with E-state index in [1.165, 1.54) is 6.39 Å². The third kappa shape index (κ3) is 4.26. The summed E-state index contributed by atoms with van der Waals surface area (Å²) in [5.74, 6) is -0.109. The minimum atomic E-state index is -0.118. The van der Waals surface area contributed by atoms with Gasteiger partial charge >= 0.3 is 5.97 Å². The lowest BCUT2D eigenvalue weighted by molar-refractivity contribution is -0.146. The quantitative estimate of drug-likeness (QED) is 0.751. The minimum absolute atomic E-state index is 0.00921. The Morgan fingerprint density at radius 3 is 2.65 bits per heavy atom. The lowest BCUT2D eigenvalue weighted by Gasteiger charge is -2.01. The van der Waals surface area contributed by atoms with E-state index in [9.17, 15) is 4.79 Å². The van der Waals surface area contributed by atoms with E-state index in [1.807, 2.05) is 38.1 Å². The van der Waals surface area contributed by atoms with Crippen molar-refractivity contribution in [2.75, 3.05) is 6.61 Å². The smallest absolute Gasteiger partial charge is 0.308 e. The van der Waals surface area contributed by atoms with Gasteiger partial charge in [0.15, 0.2) is 12.0 Å². The molecule has 2 aromatic rings. The van der Waals surface area contributed by atoms with Crippen molar-refractivity contribution < 1.29 is 13.9 Å². The zero-order valence-corrected chi connectivity index (χ0v) is 10.3. The van der Waals surface area contributed by atoms with E-state index >= 15 is 0 Å². The zero-order valence-electron chi connectivity index (χ0n) is 10.3. The number of esters is 1. The van der Waals surface area contributed by atoms with Gasteiger partial charge in [0.2, 0.25) is 0 Å². The van der Waals surface area contributed by atoms with Crippen LogP contribution in [0.15, 0.2) is 35.1 Å². The number of carbonyl (C=O) groups is 1. The summed E-state index contributed by atoms with van der Waals surface area (Å²) in [4.78, 5) is 14.5. The van der Waals surface area contributed by atoms with Crippen molar-refractivity contribution in [3.05, 3.63) is 30.7 Å². The van der Waals surface area contributed by atoms with Crippen molar-refractivity contribution in [1.82, 2.24) is 4.98 Å². The van der Waals surface area contributed by atoms with E-state index in [0.717, 1.165) is 11.1 Å². The number of aromatic nitrogens is 1. The predicted molar refractivity (Wildman–Crippen MR) is 65.5 cm³/mol. The molecule has 0 aliphatic heterocycles. The van der Waals surface area contributed by atoms with Crippen LogP contribution in [-0.4, -0.2) is 17.6 Å². The van der Waals surface area contributed by atoms with Crippen molar-refractivity contribution in [1.29, 1.82) is 0 Å². The predicted octanol–water partition coefficient (Wildman–Crippen LogP) is 3.03. The van der Waals surface area contributed by atoms with Gasteiger partial charge < -0.3 is 9.15 Å². The number of hydrogen-bond acceptors (Lipinski definition) is 4. The van der Waals surface area contributed by atoms with E-state index in [-0.39, 0.29) is 11.9 Å². The SMILES string of the molecule is CCOC(=O)C(C)C.c1ccc2ocnc2c1. The van der Waals surface area contributed by atoms with Crippen LogP contribution in [0, 0.1) is 5.92 Å². The molecule has 17 heavy (non-hydrogen) atoms. The molecule has 0 fully saturated rings. The fourth-order valence-electron chi connectivity index (χ4n) is 1.11. The first-order chi connectivity index (χ1) is 8.15. The fourth-order valence-corrected chi connectivity index (χ4v) is 1.11. The molecule has 2 rings (SSSR count). The van der Waals surface area contributed by atoms with E-state index in [2.05, 4.69) is 9.72 Å². The summed E-state index contributed by atoms with van der Waals surface area (Å²) < 4.78 is 9.67. The number of para-hydroxylation sites is 2. The van der Waals surface area contributed by atoms with Gasteiger partial charge in [-0.25, -0.2) is 4.98 Å². The molecule has 4 nitrogen and oxygen atoms in total. The molecule has 92 valence electrons. The fraction of sp³-hybridized carbons (Fsp3) is 0.385. The molecule has 0 spiro atoms. The Labute approximate surface area is 101 Å². The Kier molecular flexibility index (Phi) is 5.20. The lowest BCUT2D eigenvalue weighted by Crippen LogP contribution is -2.10. The highest BCUT2D eigenvalue weighted by Crippen LogP contribution is 2.09. The van der Waals surface area contributed by atoms with Crippen LogP contribution in [0.2, 0.25) is 0 Å². The van der Waals surface area contributed by atoms with Crippen LogP contribution in [0.4, 0.5) is 0 Å². The number of benzene rings is 1. The molecule has 0 unspecified atom stereocenters. The maximum atomic E-state index is 10.5. The van der Waals surface area contributed by atoms with Crippen molar-refractivity contribution in [3.8, 4) is 0 Å². The number of nitrogens with zero attached hydrogens (tertiary/aromatic N) is 1. The lowest BCUT2D eigenvalue weighted by atomic mass is 10.2. The maximum absolute atomic E-state index is 10.5. The number of carbonyl (C=O) groups excluding carboxylic acids is 1. The number of rotatable bonds is 2. The molecule has 0 saturated carbocycles. The van der Waals surface area contributed by atoms with Gasteiger partial charge in [-0.2, -0.15) is 0 Å². The van der Waals surface area contributed by atoms with Crippen molar-refractivity contribution >= 4 is 17.1 Å². The summed E-state index contributed by atoms with van der Waals surface area (Å²) >= 11 is 0. The molecule has 0 amide bonds. The van der Waals surface area contributed by atoms with Crippen LogP contribution >= 0.6 is 0 Å². The molecule has 0 aliphatic rings. The first-order valence-electron chi connectivity index (χ1n) is 5.60. The molecule has 0 aliphatic carbocycles. The summed E-state index contributed by atoms with van der Waals surface area (Å²) in [5.41, 5.74) is 1.76. The van der Waals surface area contributed by atoms with Gasteiger partial charge in [-0.15, -0.1) is 0 Å². The minimum Gasteiger partial charge on any atom is -0.466 e. The normalized spacial score (nSPS) is 9.88. The average Bonchev–Trinajstić information content (AvgIpc) is 2.78. The maximum Gasteiger partial charge on any atom is 0.308 e. The van der Waals surface area contributed by atoms with Gasteiger partial charge in [0.05, 0.1) is 12.5 Å². The Hall–Kier alpha value is -1.84.